The lowest BCUT2D eigenvalue weighted by Crippen LogP contribution is -2.35. The van der Waals surface area contributed by atoms with Crippen LogP contribution in [0.1, 0.15) is 31.2 Å². The largest absolute Gasteiger partial charge is 0.329 e. The van der Waals surface area contributed by atoms with Crippen LogP contribution in [0.3, 0.4) is 0 Å². The Bertz CT molecular complexity index is 353. The summed E-state index contributed by atoms with van der Waals surface area (Å²) < 4.78 is 0. The summed E-state index contributed by atoms with van der Waals surface area (Å²) in [5.41, 5.74) is 5.92. The zero-order valence-corrected chi connectivity index (χ0v) is 11.4. The number of nitrogens with two attached hydrogens (primary N) is 1. The average molecular weight is 259 g/mol. The van der Waals surface area contributed by atoms with Gasteiger partial charge >= 0.3 is 0 Å². The van der Waals surface area contributed by atoms with Crippen LogP contribution in [-0.2, 0) is 0 Å². The van der Waals surface area contributed by atoms with Gasteiger partial charge in [0.05, 0.1) is 11.1 Å². The van der Waals surface area contributed by atoms with E-state index in [-0.39, 0.29) is 0 Å². The highest BCUT2D eigenvalue weighted by molar-refractivity contribution is 7.10. The number of thiophene rings is 1. The molecule has 0 aliphatic carbocycles. The number of hydrogen-bond donors (Lipinski definition) is 1. The zero-order valence-electron chi connectivity index (χ0n) is 9.82. The van der Waals surface area contributed by atoms with E-state index in [4.69, 9.17) is 17.3 Å². The van der Waals surface area contributed by atoms with E-state index in [2.05, 4.69) is 24.8 Å². The topological polar surface area (TPSA) is 29.3 Å². The first kappa shape index (κ1) is 12.4. The van der Waals surface area contributed by atoms with E-state index in [0.717, 1.165) is 17.5 Å². The second-order valence-corrected chi connectivity index (χ2v) is 6.18. The molecule has 0 amide bonds. The molecule has 2 heterocycles. The van der Waals surface area contributed by atoms with Crippen LogP contribution >= 0.6 is 22.9 Å². The maximum atomic E-state index is 5.98. The molecule has 90 valence electrons. The summed E-state index contributed by atoms with van der Waals surface area (Å²) >= 11 is 7.70. The fraction of sp³-hybridized carbons (Fsp3) is 0.667. The van der Waals surface area contributed by atoms with Crippen molar-refractivity contribution in [3.05, 3.63) is 21.3 Å². The fourth-order valence-corrected chi connectivity index (χ4v) is 3.90. The molecule has 2 N–H and O–H groups in total. The fourth-order valence-electron chi connectivity index (χ4n) is 2.68. The Balaban J connectivity index is 2.16. The van der Waals surface area contributed by atoms with E-state index in [0.29, 0.717) is 18.6 Å². The second-order valence-electron chi connectivity index (χ2n) is 4.81. The lowest BCUT2D eigenvalue weighted by atomic mass is 10.1. The molecule has 3 unspecified atom stereocenters. The Hall–Kier alpha value is -0.0900. The Morgan fingerprint density at radius 3 is 2.81 bits per heavy atom. The first-order valence-electron chi connectivity index (χ1n) is 5.81. The van der Waals surface area contributed by atoms with Gasteiger partial charge in [0, 0.05) is 29.4 Å². The molecule has 0 aromatic carbocycles. The quantitative estimate of drug-likeness (QED) is 0.903. The first-order chi connectivity index (χ1) is 7.61. The molecule has 0 bridgehead atoms. The molecule has 0 spiro atoms. The van der Waals surface area contributed by atoms with Crippen molar-refractivity contribution in [2.75, 3.05) is 13.1 Å². The van der Waals surface area contributed by atoms with Crippen LogP contribution in [0.2, 0.25) is 5.02 Å². The van der Waals surface area contributed by atoms with Gasteiger partial charge in [-0.2, -0.15) is 0 Å². The Labute approximate surface area is 106 Å². The molecule has 1 aromatic heterocycles. The number of halogens is 1. The number of rotatable bonds is 3. The Morgan fingerprint density at radius 2 is 2.38 bits per heavy atom. The molecule has 1 aromatic rings. The normalized spacial score (nSPS) is 28.5. The van der Waals surface area contributed by atoms with Crippen molar-refractivity contribution in [3.8, 4) is 0 Å². The van der Waals surface area contributed by atoms with Crippen LogP contribution < -0.4 is 5.73 Å². The maximum absolute atomic E-state index is 5.98. The molecule has 16 heavy (non-hydrogen) atoms. The van der Waals surface area contributed by atoms with E-state index in [1.54, 1.807) is 11.3 Å². The number of nitrogens with zero attached hydrogens (tertiary/aromatic N) is 1. The predicted octanol–water partition coefficient (Wildman–Crippen LogP) is 3.13. The molecule has 3 atom stereocenters. The zero-order chi connectivity index (χ0) is 11.7. The molecule has 1 saturated heterocycles. The first-order valence-corrected chi connectivity index (χ1v) is 7.07. The van der Waals surface area contributed by atoms with Crippen LogP contribution in [0.25, 0.3) is 0 Å². The van der Waals surface area contributed by atoms with Gasteiger partial charge in [0.2, 0.25) is 0 Å². The molecule has 1 aliphatic rings. The third kappa shape index (κ3) is 2.43. The van der Waals surface area contributed by atoms with Gasteiger partial charge in [-0.25, -0.2) is 0 Å². The third-order valence-electron chi connectivity index (χ3n) is 3.37. The van der Waals surface area contributed by atoms with Crippen molar-refractivity contribution >= 4 is 22.9 Å². The molecule has 0 saturated carbocycles. The van der Waals surface area contributed by atoms with E-state index in [9.17, 15) is 0 Å². The minimum atomic E-state index is 0.345. The molecule has 4 heteroatoms. The van der Waals surface area contributed by atoms with Crippen LogP contribution in [-0.4, -0.2) is 24.0 Å². The van der Waals surface area contributed by atoms with Gasteiger partial charge in [0.25, 0.3) is 0 Å². The summed E-state index contributed by atoms with van der Waals surface area (Å²) in [5, 5.41) is 2.82. The Kier molecular flexibility index (Phi) is 3.90. The Morgan fingerprint density at radius 1 is 1.62 bits per heavy atom. The molecule has 2 rings (SSSR count). The summed E-state index contributed by atoms with van der Waals surface area (Å²) in [4.78, 5) is 3.82. The third-order valence-corrected chi connectivity index (χ3v) is 4.75. The van der Waals surface area contributed by atoms with Crippen LogP contribution in [0.4, 0.5) is 0 Å². The summed E-state index contributed by atoms with van der Waals surface area (Å²) in [6, 6.07) is 3.03. The van der Waals surface area contributed by atoms with Crippen molar-refractivity contribution in [3.63, 3.8) is 0 Å². The van der Waals surface area contributed by atoms with Crippen molar-refractivity contribution in [1.82, 2.24) is 4.90 Å². The number of likely N-dealkylation sites (tertiary alicyclic amines) is 1. The minimum absolute atomic E-state index is 0.345. The van der Waals surface area contributed by atoms with Gasteiger partial charge < -0.3 is 5.73 Å². The van der Waals surface area contributed by atoms with Gasteiger partial charge in [-0.15, -0.1) is 11.3 Å². The lowest BCUT2D eigenvalue weighted by Gasteiger charge is -2.29. The molecule has 1 fully saturated rings. The standard InChI is InChI=1S/C12H19ClN2S/c1-8-3-9(2)15(6-8)11(5-14)12-4-10(13)7-16-12/h4,7-9,11H,3,5-6,14H2,1-2H3. The van der Waals surface area contributed by atoms with Gasteiger partial charge in [-0.3, -0.25) is 4.90 Å². The van der Waals surface area contributed by atoms with Crippen molar-refractivity contribution < 1.29 is 0 Å². The smallest absolute Gasteiger partial charge is 0.0567 e. The SMILES string of the molecule is CC1CC(C)N(C(CN)c2cc(Cl)cs2)C1. The van der Waals surface area contributed by atoms with E-state index >= 15 is 0 Å². The summed E-state index contributed by atoms with van der Waals surface area (Å²) in [6.45, 7) is 6.43. The predicted molar refractivity (Wildman–Crippen MR) is 71.1 cm³/mol. The van der Waals surface area contributed by atoms with Crippen LogP contribution in [0, 0.1) is 5.92 Å². The maximum Gasteiger partial charge on any atom is 0.0567 e. The van der Waals surface area contributed by atoms with E-state index in [1.165, 1.54) is 11.3 Å². The highest BCUT2D eigenvalue weighted by Crippen LogP contribution is 2.34. The highest BCUT2D eigenvalue weighted by Gasteiger charge is 2.32. The van der Waals surface area contributed by atoms with Crippen LogP contribution in [0.5, 0.6) is 0 Å². The van der Waals surface area contributed by atoms with E-state index < -0.39 is 0 Å². The van der Waals surface area contributed by atoms with Crippen molar-refractivity contribution in [2.24, 2.45) is 11.7 Å². The molecule has 2 nitrogen and oxygen atoms in total. The molecular weight excluding hydrogens is 240 g/mol. The monoisotopic (exact) mass is 258 g/mol. The lowest BCUT2D eigenvalue weighted by molar-refractivity contribution is 0.195. The molecule has 1 aliphatic heterocycles. The van der Waals surface area contributed by atoms with Gasteiger partial charge in [0.15, 0.2) is 0 Å². The van der Waals surface area contributed by atoms with Gasteiger partial charge in [-0.1, -0.05) is 18.5 Å². The minimum Gasteiger partial charge on any atom is -0.329 e. The summed E-state index contributed by atoms with van der Waals surface area (Å²) in [7, 11) is 0. The van der Waals surface area contributed by atoms with E-state index in [1.807, 2.05) is 5.38 Å². The van der Waals surface area contributed by atoms with Crippen LogP contribution in [0.15, 0.2) is 11.4 Å². The van der Waals surface area contributed by atoms with Crippen molar-refractivity contribution in [1.29, 1.82) is 0 Å². The summed E-state index contributed by atoms with van der Waals surface area (Å²) in [5.74, 6) is 0.777. The molecular formula is C12H19ClN2S. The second kappa shape index (κ2) is 5.05. The summed E-state index contributed by atoms with van der Waals surface area (Å²) in [6.07, 6.45) is 1.27. The number of hydrogen-bond acceptors (Lipinski definition) is 3. The van der Waals surface area contributed by atoms with Gasteiger partial charge in [0.1, 0.15) is 0 Å². The molecule has 0 radical (unpaired) electrons. The average Bonchev–Trinajstić information content (AvgIpc) is 2.76. The van der Waals surface area contributed by atoms with Crippen molar-refractivity contribution in [2.45, 2.75) is 32.4 Å². The van der Waals surface area contributed by atoms with Gasteiger partial charge in [-0.05, 0) is 25.3 Å². The highest BCUT2D eigenvalue weighted by atomic mass is 35.5.